The van der Waals surface area contributed by atoms with E-state index in [9.17, 15) is 26.4 Å². The zero-order valence-corrected chi connectivity index (χ0v) is 10.6. The molecule has 5 nitrogen and oxygen atoms in total. The van der Waals surface area contributed by atoms with Crippen molar-refractivity contribution in [2.45, 2.75) is 44.8 Å². The number of rotatable bonds is 3. The zero-order chi connectivity index (χ0) is 14.1. The van der Waals surface area contributed by atoms with Crippen LogP contribution in [0.2, 0.25) is 0 Å². The molecule has 0 aromatic rings. The van der Waals surface area contributed by atoms with E-state index in [0.29, 0.717) is 0 Å². The Morgan fingerprint density at radius 3 is 1.94 bits per heavy atom. The van der Waals surface area contributed by atoms with Gasteiger partial charge in [-0.05, 0) is 27.7 Å². The van der Waals surface area contributed by atoms with Crippen molar-refractivity contribution in [2.24, 2.45) is 0 Å². The highest BCUT2D eigenvalue weighted by atomic mass is 32.2. The van der Waals surface area contributed by atoms with Gasteiger partial charge in [0.2, 0.25) is 0 Å². The summed E-state index contributed by atoms with van der Waals surface area (Å²) in [6.45, 7) is 5.70. The van der Waals surface area contributed by atoms with Crippen LogP contribution in [0.15, 0.2) is 0 Å². The van der Waals surface area contributed by atoms with Gasteiger partial charge in [0.05, 0.1) is 0 Å². The third kappa shape index (κ3) is 5.35. The molecule has 0 aromatic heterocycles. The molecule has 0 aliphatic heterocycles. The van der Waals surface area contributed by atoms with Crippen LogP contribution >= 0.6 is 0 Å². The van der Waals surface area contributed by atoms with E-state index in [1.54, 1.807) is 20.8 Å². The highest BCUT2D eigenvalue weighted by Gasteiger charge is 2.49. The predicted molar refractivity (Wildman–Crippen MR) is 53.4 cm³/mol. The SMILES string of the molecule is C[C@@H](OS(=O)(=O)C(F)(F)F)C(=O)NC(C)(C)C. The lowest BCUT2D eigenvalue weighted by atomic mass is 10.1. The summed E-state index contributed by atoms with van der Waals surface area (Å²) >= 11 is 0. The second-order valence-corrected chi connectivity index (χ2v) is 5.94. The second-order valence-electron chi connectivity index (χ2n) is 4.38. The molecule has 0 bridgehead atoms. The summed E-state index contributed by atoms with van der Waals surface area (Å²) in [4.78, 5) is 11.3. The van der Waals surface area contributed by atoms with E-state index in [4.69, 9.17) is 0 Å². The number of alkyl halides is 3. The summed E-state index contributed by atoms with van der Waals surface area (Å²) in [5.74, 6) is -0.940. The first-order valence-electron chi connectivity index (χ1n) is 4.58. The first-order chi connectivity index (χ1) is 7.26. The minimum atomic E-state index is -5.76. The van der Waals surface area contributed by atoms with Crippen LogP contribution in [0.5, 0.6) is 0 Å². The molecule has 0 spiro atoms. The van der Waals surface area contributed by atoms with Crippen molar-refractivity contribution < 1.29 is 30.6 Å². The van der Waals surface area contributed by atoms with E-state index in [1.165, 1.54) is 0 Å². The van der Waals surface area contributed by atoms with E-state index >= 15 is 0 Å². The second kappa shape index (κ2) is 4.81. The van der Waals surface area contributed by atoms with Crippen molar-refractivity contribution >= 4 is 16.0 Å². The Labute approximate surface area is 97.4 Å². The van der Waals surface area contributed by atoms with Crippen LogP contribution in [0.25, 0.3) is 0 Å². The standard InChI is InChI=1S/C8H14F3NO4S/c1-5(6(13)12-7(2,3)4)16-17(14,15)8(9,10)11/h5H,1-4H3,(H,12,13)/t5-/m1/s1. The Bertz CT molecular complexity index is 383. The van der Waals surface area contributed by atoms with E-state index in [1.807, 2.05) is 0 Å². The van der Waals surface area contributed by atoms with Crippen molar-refractivity contribution in [1.29, 1.82) is 0 Å². The van der Waals surface area contributed by atoms with Crippen LogP contribution < -0.4 is 5.32 Å². The van der Waals surface area contributed by atoms with Crippen molar-refractivity contribution in [3.63, 3.8) is 0 Å². The number of hydrogen-bond acceptors (Lipinski definition) is 4. The average molecular weight is 277 g/mol. The molecule has 0 saturated heterocycles. The van der Waals surface area contributed by atoms with Crippen LogP contribution in [0.1, 0.15) is 27.7 Å². The average Bonchev–Trinajstić information content (AvgIpc) is 1.97. The number of amides is 1. The maximum absolute atomic E-state index is 12.0. The van der Waals surface area contributed by atoms with Crippen LogP contribution in [-0.4, -0.2) is 31.5 Å². The zero-order valence-electron chi connectivity index (χ0n) is 9.75. The van der Waals surface area contributed by atoms with E-state index < -0.39 is 33.2 Å². The number of nitrogens with one attached hydrogen (secondary N) is 1. The molecule has 1 atom stereocenters. The van der Waals surface area contributed by atoms with Crippen LogP contribution in [0.3, 0.4) is 0 Å². The molecule has 1 N–H and O–H groups in total. The molecule has 0 radical (unpaired) electrons. The molecule has 102 valence electrons. The lowest BCUT2D eigenvalue weighted by Crippen LogP contribution is -2.47. The number of hydrogen-bond donors (Lipinski definition) is 1. The molecule has 0 aliphatic rings. The molecule has 0 unspecified atom stereocenters. The maximum atomic E-state index is 12.0. The quantitative estimate of drug-likeness (QED) is 0.620. The van der Waals surface area contributed by atoms with Gasteiger partial charge in [-0.3, -0.25) is 8.98 Å². The van der Waals surface area contributed by atoms with Gasteiger partial charge in [0.15, 0.2) is 6.10 Å². The minimum absolute atomic E-state index is 0.698. The van der Waals surface area contributed by atoms with Gasteiger partial charge >= 0.3 is 15.6 Å². The summed E-state index contributed by atoms with van der Waals surface area (Å²) in [5, 5.41) is 2.30. The summed E-state index contributed by atoms with van der Waals surface area (Å²) in [6, 6.07) is 0. The summed E-state index contributed by atoms with van der Waals surface area (Å²) < 4.78 is 60.8. The molecule has 9 heteroatoms. The fourth-order valence-corrected chi connectivity index (χ4v) is 1.34. The van der Waals surface area contributed by atoms with E-state index in [-0.39, 0.29) is 0 Å². The molecule has 0 saturated carbocycles. The number of carbonyl (C=O) groups excluding carboxylic acids is 1. The molecule has 17 heavy (non-hydrogen) atoms. The Morgan fingerprint density at radius 1 is 1.24 bits per heavy atom. The maximum Gasteiger partial charge on any atom is 0.523 e. The summed E-state index contributed by atoms with van der Waals surface area (Å²) in [6.07, 6.45) is -1.75. The predicted octanol–water partition coefficient (Wildman–Crippen LogP) is 1.16. The molecule has 0 fully saturated rings. The molecule has 0 rings (SSSR count). The van der Waals surface area contributed by atoms with Crippen molar-refractivity contribution in [2.75, 3.05) is 0 Å². The minimum Gasteiger partial charge on any atom is -0.349 e. The van der Waals surface area contributed by atoms with Gasteiger partial charge in [0.1, 0.15) is 0 Å². The molecule has 0 heterocycles. The van der Waals surface area contributed by atoms with Gasteiger partial charge in [0.25, 0.3) is 5.91 Å². The smallest absolute Gasteiger partial charge is 0.349 e. The van der Waals surface area contributed by atoms with Gasteiger partial charge in [-0.15, -0.1) is 0 Å². The van der Waals surface area contributed by atoms with Crippen LogP contribution in [-0.2, 0) is 19.1 Å². The van der Waals surface area contributed by atoms with Crippen molar-refractivity contribution in [3.8, 4) is 0 Å². The third-order valence-electron chi connectivity index (χ3n) is 1.42. The summed E-state index contributed by atoms with van der Waals surface area (Å²) in [7, 11) is -5.76. The molecule has 0 aromatic carbocycles. The normalized spacial score (nSPS) is 15.5. The highest BCUT2D eigenvalue weighted by Crippen LogP contribution is 2.25. The van der Waals surface area contributed by atoms with Gasteiger partial charge in [-0.2, -0.15) is 21.6 Å². The fraction of sp³-hybridized carbons (Fsp3) is 0.875. The van der Waals surface area contributed by atoms with E-state index in [0.717, 1.165) is 6.92 Å². The van der Waals surface area contributed by atoms with Gasteiger partial charge in [-0.25, -0.2) is 0 Å². The Morgan fingerprint density at radius 2 is 1.65 bits per heavy atom. The lowest BCUT2D eigenvalue weighted by molar-refractivity contribution is -0.129. The monoisotopic (exact) mass is 277 g/mol. The highest BCUT2D eigenvalue weighted by molar-refractivity contribution is 7.87. The topological polar surface area (TPSA) is 72.5 Å². The van der Waals surface area contributed by atoms with Crippen LogP contribution in [0.4, 0.5) is 13.2 Å². The van der Waals surface area contributed by atoms with Crippen LogP contribution in [0, 0.1) is 0 Å². The first kappa shape index (κ1) is 16.2. The Balaban J connectivity index is 4.68. The molecular formula is C8H14F3NO4S. The van der Waals surface area contributed by atoms with Gasteiger partial charge in [0, 0.05) is 5.54 Å². The number of halogens is 3. The number of carbonyl (C=O) groups is 1. The first-order valence-corrected chi connectivity index (χ1v) is 5.99. The van der Waals surface area contributed by atoms with E-state index in [2.05, 4.69) is 9.50 Å². The van der Waals surface area contributed by atoms with Gasteiger partial charge in [-0.1, -0.05) is 0 Å². The van der Waals surface area contributed by atoms with Gasteiger partial charge < -0.3 is 5.32 Å². The summed E-state index contributed by atoms with van der Waals surface area (Å²) in [5.41, 5.74) is -6.24. The van der Waals surface area contributed by atoms with Crippen molar-refractivity contribution in [1.82, 2.24) is 5.32 Å². The largest absolute Gasteiger partial charge is 0.523 e. The Kier molecular flexibility index (Phi) is 4.57. The van der Waals surface area contributed by atoms with Crippen molar-refractivity contribution in [3.05, 3.63) is 0 Å². The molecule has 1 amide bonds. The fourth-order valence-electron chi connectivity index (χ4n) is 0.760. The molecule has 0 aliphatic carbocycles. The lowest BCUT2D eigenvalue weighted by Gasteiger charge is -2.23. The Hall–Kier alpha value is -0.830. The molecular weight excluding hydrogens is 263 g/mol. The third-order valence-corrected chi connectivity index (χ3v) is 2.53.